The minimum Gasteiger partial charge on any atom is -0.420 e. The first-order valence-electron chi connectivity index (χ1n) is 11.2. The molecular formula is C20H50O3Si4. The molecule has 0 aromatic carbocycles. The number of rotatable bonds is 13. The molecule has 0 N–H and O–H groups in total. The van der Waals surface area contributed by atoms with Gasteiger partial charge in [-0.05, 0) is 58.9 Å². The van der Waals surface area contributed by atoms with E-state index in [0.29, 0.717) is 5.73 Å². The molecule has 0 amide bonds. The lowest BCUT2D eigenvalue weighted by Gasteiger charge is -2.52. The second-order valence-electron chi connectivity index (χ2n) is 10.1. The van der Waals surface area contributed by atoms with Crippen LogP contribution < -0.4 is 0 Å². The fourth-order valence-corrected chi connectivity index (χ4v) is 14.8. The van der Waals surface area contributed by atoms with Gasteiger partial charge in [0.05, 0.1) is 20.1 Å². The maximum absolute atomic E-state index is 7.09. The van der Waals surface area contributed by atoms with Crippen molar-refractivity contribution < 1.29 is 13.3 Å². The summed E-state index contributed by atoms with van der Waals surface area (Å²) in [6, 6.07) is 0. The lowest BCUT2D eigenvalue weighted by atomic mass is 9.89. The van der Waals surface area contributed by atoms with E-state index in [1.54, 1.807) is 0 Å². The Kier molecular flexibility index (Phi) is 11.5. The molecule has 0 heterocycles. The van der Waals surface area contributed by atoms with Crippen molar-refractivity contribution in [2.45, 2.75) is 129 Å². The summed E-state index contributed by atoms with van der Waals surface area (Å²) in [6.45, 7) is 30.4. The van der Waals surface area contributed by atoms with Crippen LogP contribution in [0.3, 0.4) is 0 Å². The Morgan fingerprint density at radius 1 is 0.852 bits per heavy atom. The third-order valence-corrected chi connectivity index (χ3v) is 16.7. The second kappa shape index (κ2) is 11.2. The van der Waals surface area contributed by atoms with Gasteiger partial charge in [-0.15, -0.1) is 0 Å². The van der Waals surface area contributed by atoms with E-state index >= 15 is 0 Å². The normalized spacial score (nSPS) is 19.2. The van der Waals surface area contributed by atoms with E-state index in [2.05, 4.69) is 87.4 Å². The quantitative estimate of drug-likeness (QED) is 0.339. The van der Waals surface area contributed by atoms with Gasteiger partial charge >= 0.3 is 0 Å². The van der Waals surface area contributed by atoms with Gasteiger partial charge in [0.25, 0.3) is 0 Å². The topological polar surface area (TPSA) is 27.7 Å². The van der Waals surface area contributed by atoms with Crippen LogP contribution in [0.2, 0.25) is 50.9 Å². The predicted molar refractivity (Wildman–Crippen MR) is 132 cm³/mol. The molecule has 0 fully saturated rings. The molecular weight excluding hydrogens is 401 g/mol. The summed E-state index contributed by atoms with van der Waals surface area (Å²) in [6.07, 6.45) is 3.21. The highest BCUT2D eigenvalue weighted by Gasteiger charge is 2.51. The second-order valence-corrected chi connectivity index (χ2v) is 22.7. The van der Waals surface area contributed by atoms with Crippen LogP contribution in [0.25, 0.3) is 0 Å². The molecule has 0 spiro atoms. The molecule has 0 saturated carbocycles. The molecule has 0 aromatic rings. The Balaban J connectivity index is 5.57. The van der Waals surface area contributed by atoms with Crippen molar-refractivity contribution in [3.05, 3.63) is 0 Å². The van der Waals surface area contributed by atoms with Gasteiger partial charge in [0, 0.05) is 10.8 Å². The third-order valence-electron chi connectivity index (χ3n) is 6.65. The van der Waals surface area contributed by atoms with Crippen LogP contribution in [0.1, 0.15) is 60.8 Å². The molecule has 3 nitrogen and oxygen atoms in total. The fourth-order valence-electron chi connectivity index (χ4n) is 3.97. The average Bonchev–Trinajstić information content (AvgIpc) is 2.55. The Morgan fingerprint density at radius 3 is 1.70 bits per heavy atom. The van der Waals surface area contributed by atoms with Crippen LogP contribution in [0, 0.1) is 0 Å². The first-order chi connectivity index (χ1) is 12.2. The summed E-state index contributed by atoms with van der Waals surface area (Å²) < 4.78 is 20.2. The van der Waals surface area contributed by atoms with E-state index < -0.39 is 35.2 Å². The molecule has 0 aromatic heterocycles. The minimum atomic E-state index is -1.99. The van der Waals surface area contributed by atoms with E-state index in [0.717, 1.165) is 19.3 Å². The van der Waals surface area contributed by atoms with Crippen LogP contribution in [-0.4, -0.2) is 52.3 Å². The van der Waals surface area contributed by atoms with E-state index in [1.165, 1.54) is 0 Å². The Hall–Kier alpha value is 0.748. The maximum atomic E-state index is 7.09. The zero-order valence-corrected chi connectivity index (χ0v) is 25.2. The molecule has 7 heteroatoms. The Bertz CT molecular complexity index is 429. The standard InChI is InChI=1S/C20H50O3Si4/c1-14-17(24(7)8)21-26(11)19(4,5)20(6,16-3)23-27(12,13)18(15-2)22-25(9)10/h17-18,24-26H,14-16H2,1-13H3. The van der Waals surface area contributed by atoms with Gasteiger partial charge in [-0.25, -0.2) is 0 Å². The largest absolute Gasteiger partial charge is 0.420 e. The smallest absolute Gasteiger partial charge is 0.214 e. The molecule has 0 bridgehead atoms. The van der Waals surface area contributed by atoms with E-state index in [1.807, 2.05) is 0 Å². The molecule has 0 rings (SSSR count). The van der Waals surface area contributed by atoms with Crippen molar-refractivity contribution in [2.75, 3.05) is 0 Å². The third kappa shape index (κ3) is 7.50. The molecule has 0 aliphatic carbocycles. The molecule has 0 aliphatic heterocycles. The van der Waals surface area contributed by atoms with Crippen molar-refractivity contribution in [1.82, 2.24) is 0 Å². The summed E-state index contributed by atoms with van der Waals surface area (Å²) in [5.74, 6) is 0. The predicted octanol–water partition coefficient (Wildman–Crippen LogP) is 5.65. The highest BCUT2D eigenvalue weighted by atomic mass is 28.4. The van der Waals surface area contributed by atoms with Gasteiger partial charge in [-0.1, -0.05) is 47.7 Å². The highest BCUT2D eigenvalue weighted by Crippen LogP contribution is 2.48. The van der Waals surface area contributed by atoms with Crippen LogP contribution in [0.15, 0.2) is 0 Å². The Morgan fingerprint density at radius 2 is 1.37 bits per heavy atom. The number of hydrogen-bond donors (Lipinski definition) is 0. The summed E-state index contributed by atoms with van der Waals surface area (Å²) >= 11 is 0. The van der Waals surface area contributed by atoms with E-state index in [-0.39, 0.29) is 16.4 Å². The van der Waals surface area contributed by atoms with Crippen molar-refractivity contribution in [2.24, 2.45) is 0 Å². The van der Waals surface area contributed by atoms with Crippen LogP contribution in [-0.2, 0) is 13.3 Å². The monoisotopic (exact) mass is 450 g/mol. The summed E-state index contributed by atoms with van der Waals surface area (Å²) in [5, 5.41) is 0.0658. The van der Waals surface area contributed by atoms with Crippen molar-refractivity contribution in [3.63, 3.8) is 0 Å². The van der Waals surface area contributed by atoms with Gasteiger partial charge in [-0.2, -0.15) is 0 Å². The van der Waals surface area contributed by atoms with Gasteiger partial charge in [0.15, 0.2) is 18.1 Å². The van der Waals surface area contributed by atoms with E-state index in [4.69, 9.17) is 13.3 Å². The maximum Gasteiger partial charge on any atom is 0.214 e. The lowest BCUT2D eigenvalue weighted by molar-refractivity contribution is 0.0154. The van der Waals surface area contributed by atoms with Crippen molar-refractivity contribution in [1.29, 1.82) is 0 Å². The van der Waals surface area contributed by atoms with Gasteiger partial charge in [-0.3, -0.25) is 0 Å². The molecule has 0 radical (unpaired) electrons. The first-order valence-corrected chi connectivity index (χ1v) is 22.1. The summed E-state index contributed by atoms with van der Waals surface area (Å²) in [5.41, 5.74) is 0.617. The number of hydrogen-bond acceptors (Lipinski definition) is 3. The van der Waals surface area contributed by atoms with Crippen LogP contribution >= 0.6 is 0 Å². The van der Waals surface area contributed by atoms with Crippen molar-refractivity contribution in [3.8, 4) is 0 Å². The van der Waals surface area contributed by atoms with Crippen LogP contribution in [0.5, 0.6) is 0 Å². The highest BCUT2D eigenvalue weighted by molar-refractivity contribution is 6.73. The molecule has 4 unspecified atom stereocenters. The van der Waals surface area contributed by atoms with E-state index in [9.17, 15) is 0 Å². The molecule has 27 heavy (non-hydrogen) atoms. The van der Waals surface area contributed by atoms with Gasteiger partial charge in [0.1, 0.15) is 0 Å². The van der Waals surface area contributed by atoms with Crippen molar-refractivity contribution >= 4 is 35.2 Å². The fraction of sp³-hybridized carbons (Fsp3) is 1.00. The Labute approximate surface area is 177 Å². The zero-order valence-electron chi connectivity index (χ0n) is 20.7. The van der Waals surface area contributed by atoms with Crippen LogP contribution in [0.4, 0.5) is 0 Å². The molecule has 4 atom stereocenters. The first kappa shape index (κ1) is 27.7. The SMILES string of the molecule is CCC(O[SiH](C)C(C)(C)C(C)(CC)O[Si](C)(C)C(CC)O[SiH](C)C)[SiH](C)C. The summed E-state index contributed by atoms with van der Waals surface area (Å²) in [7, 11) is -5.30. The molecule has 164 valence electrons. The summed E-state index contributed by atoms with van der Waals surface area (Å²) in [4.78, 5) is 0. The minimum absolute atomic E-state index is 0.0658. The lowest BCUT2D eigenvalue weighted by Crippen LogP contribution is -2.58. The van der Waals surface area contributed by atoms with Gasteiger partial charge < -0.3 is 13.3 Å². The molecule has 0 saturated heterocycles. The molecule has 0 aliphatic rings. The van der Waals surface area contributed by atoms with Gasteiger partial charge in [0.2, 0.25) is 8.32 Å². The zero-order chi connectivity index (χ0) is 21.6. The average molecular weight is 451 g/mol.